The first-order chi connectivity index (χ1) is 28.7. The maximum absolute atomic E-state index is 13.1. The van der Waals surface area contributed by atoms with Gasteiger partial charge in [0, 0.05) is 0 Å². The molecule has 0 aliphatic carbocycles. The van der Waals surface area contributed by atoms with E-state index in [0.717, 1.165) is 38.5 Å². The van der Waals surface area contributed by atoms with Crippen LogP contribution >= 0.6 is 0 Å². The molecule has 348 valence electrons. The van der Waals surface area contributed by atoms with Crippen LogP contribution in [0.15, 0.2) is 24.3 Å². The number of allylic oxidation sites excluding steroid dienone is 3. The van der Waals surface area contributed by atoms with Crippen molar-refractivity contribution >= 4 is 5.91 Å². The molecule has 0 aromatic rings. The van der Waals surface area contributed by atoms with E-state index in [1.54, 1.807) is 0 Å². The first-order valence-corrected chi connectivity index (χ1v) is 24.2. The predicted molar refractivity (Wildman–Crippen MR) is 238 cm³/mol. The summed E-state index contributed by atoms with van der Waals surface area (Å²) in [5.41, 5.74) is 0. The largest absolute Gasteiger partial charge is 0.394 e. The number of amides is 1. The molecule has 11 heteroatoms. The molecule has 0 radical (unpaired) electrons. The second-order valence-corrected chi connectivity index (χ2v) is 17.2. The van der Waals surface area contributed by atoms with Crippen molar-refractivity contribution in [2.24, 2.45) is 0 Å². The Morgan fingerprint density at radius 3 is 1.47 bits per heavy atom. The number of carbonyl (C=O) groups excluding carboxylic acids is 1. The molecular formula is C48H91NO10. The van der Waals surface area contributed by atoms with Crippen LogP contribution in [0, 0.1) is 0 Å². The van der Waals surface area contributed by atoms with E-state index in [-0.39, 0.29) is 12.8 Å². The summed E-state index contributed by atoms with van der Waals surface area (Å²) in [6.07, 6.45) is 31.0. The molecule has 9 unspecified atom stereocenters. The maximum atomic E-state index is 13.1. The van der Waals surface area contributed by atoms with Crippen LogP contribution in [0.25, 0.3) is 0 Å². The van der Waals surface area contributed by atoms with Gasteiger partial charge in [0.15, 0.2) is 6.29 Å². The Labute approximate surface area is 359 Å². The van der Waals surface area contributed by atoms with E-state index >= 15 is 0 Å². The van der Waals surface area contributed by atoms with Gasteiger partial charge in [-0.25, -0.2) is 0 Å². The molecule has 1 fully saturated rings. The van der Waals surface area contributed by atoms with E-state index in [2.05, 4.69) is 31.3 Å². The van der Waals surface area contributed by atoms with Gasteiger partial charge < -0.3 is 50.5 Å². The molecule has 1 aliphatic heterocycles. The van der Waals surface area contributed by atoms with Crippen molar-refractivity contribution in [3.63, 3.8) is 0 Å². The first kappa shape index (κ1) is 55.6. The summed E-state index contributed by atoms with van der Waals surface area (Å²) in [6, 6.07) is -1.20. The third kappa shape index (κ3) is 28.0. The van der Waals surface area contributed by atoms with Crippen LogP contribution in [0.4, 0.5) is 0 Å². The number of rotatable bonds is 40. The van der Waals surface area contributed by atoms with E-state index in [1.807, 2.05) is 12.2 Å². The molecule has 1 saturated heterocycles. The summed E-state index contributed by atoms with van der Waals surface area (Å²) in [6.45, 7) is 3.40. The summed E-state index contributed by atoms with van der Waals surface area (Å²) in [4.78, 5) is 13.1. The molecule has 1 amide bonds. The summed E-state index contributed by atoms with van der Waals surface area (Å²) in [5, 5.41) is 75.6. The van der Waals surface area contributed by atoms with E-state index in [0.29, 0.717) is 6.42 Å². The summed E-state index contributed by atoms with van der Waals surface area (Å²) in [7, 11) is 0. The Kier molecular flexibility index (Phi) is 36.1. The monoisotopic (exact) mass is 842 g/mol. The molecule has 1 aliphatic rings. The van der Waals surface area contributed by atoms with Crippen molar-refractivity contribution in [3.8, 4) is 0 Å². The van der Waals surface area contributed by atoms with Gasteiger partial charge in [-0.3, -0.25) is 4.79 Å². The quantitative estimate of drug-likeness (QED) is 0.0221. The summed E-state index contributed by atoms with van der Waals surface area (Å²) in [5.74, 6) is -0.715. The number of unbranched alkanes of at least 4 members (excludes halogenated alkanes) is 25. The van der Waals surface area contributed by atoms with Gasteiger partial charge >= 0.3 is 0 Å². The fourth-order valence-electron chi connectivity index (χ4n) is 7.67. The van der Waals surface area contributed by atoms with Gasteiger partial charge in [0.1, 0.15) is 36.6 Å². The van der Waals surface area contributed by atoms with Crippen LogP contribution in [0.2, 0.25) is 0 Å². The molecular weight excluding hydrogens is 751 g/mol. The second kappa shape index (κ2) is 38.3. The van der Waals surface area contributed by atoms with E-state index in [4.69, 9.17) is 9.47 Å². The van der Waals surface area contributed by atoms with Gasteiger partial charge in [0.25, 0.3) is 0 Å². The molecule has 11 nitrogen and oxygen atoms in total. The highest BCUT2D eigenvalue weighted by molar-refractivity contribution is 5.80. The number of nitrogens with one attached hydrogen (secondary N) is 1. The lowest BCUT2D eigenvalue weighted by Gasteiger charge is -2.40. The van der Waals surface area contributed by atoms with Gasteiger partial charge in [0.2, 0.25) is 5.91 Å². The minimum atomic E-state index is -1.67. The Morgan fingerprint density at radius 2 is 1.02 bits per heavy atom. The van der Waals surface area contributed by atoms with E-state index in [1.165, 1.54) is 135 Å². The zero-order valence-electron chi connectivity index (χ0n) is 37.5. The number of hydrogen-bond donors (Lipinski definition) is 8. The van der Waals surface area contributed by atoms with Gasteiger partial charge in [-0.2, -0.15) is 0 Å². The molecule has 0 bridgehead atoms. The fraction of sp³-hybridized carbons (Fsp3) is 0.896. The minimum Gasteiger partial charge on any atom is -0.394 e. The third-order valence-electron chi connectivity index (χ3n) is 11.7. The fourth-order valence-corrected chi connectivity index (χ4v) is 7.67. The van der Waals surface area contributed by atoms with E-state index < -0.39 is 74.2 Å². The standard InChI is InChI=1S/C48H91NO10/c1-3-5-7-9-11-13-15-17-18-19-20-21-22-23-24-26-28-30-32-34-36-41(52)47(57)49-39(38-58-48-46(56)45(55)44(54)42(37-50)59-48)43(53)40(51)35-33-31-29-27-25-16-14-12-10-8-6-4-2/h17-18,31,33,39-46,48,50-56H,3-16,19-30,32,34-38H2,1-2H3,(H,49,57). The van der Waals surface area contributed by atoms with Gasteiger partial charge in [-0.05, 0) is 51.4 Å². The van der Waals surface area contributed by atoms with Gasteiger partial charge in [-0.1, -0.05) is 179 Å². The molecule has 8 N–H and O–H groups in total. The molecule has 0 saturated carbocycles. The Balaban J connectivity index is 2.41. The van der Waals surface area contributed by atoms with Gasteiger partial charge in [-0.15, -0.1) is 0 Å². The highest BCUT2D eigenvalue weighted by atomic mass is 16.7. The zero-order valence-corrected chi connectivity index (χ0v) is 37.5. The lowest BCUT2D eigenvalue weighted by atomic mass is 9.99. The van der Waals surface area contributed by atoms with Gasteiger partial charge in [0.05, 0.1) is 25.4 Å². The van der Waals surface area contributed by atoms with Crippen LogP contribution in [0.5, 0.6) is 0 Å². The molecule has 0 aromatic carbocycles. The predicted octanol–water partition coefficient (Wildman–Crippen LogP) is 8.23. The molecule has 0 spiro atoms. The van der Waals surface area contributed by atoms with Crippen molar-refractivity contribution in [2.45, 2.75) is 262 Å². The smallest absolute Gasteiger partial charge is 0.249 e. The zero-order chi connectivity index (χ0) is 43.4. The van der Waals surface area contributed by atoms with Crippen LogP contribution in [-0.2, 0) is 14.3 Å². The maximum Gasteiger partial charge on any atom is 0.249 e. The molecule has 59 heavy (non-hydrogen) atoms. The van der Waals surface area contributed by atoms with Crippen molar-refractivity contribution in [1.82, 2.24) is 5.32 Å². The van der Waals surface area contributed by atoms with Crippen LogP contribution in [-0.4, -0.2) is 110 Å². The van der Waals surface area contributed by atoms with Crippen LogP contribution < -0.4 is 5.32 Å². The Hall–Kier alpha value is -1.41. The summed E-state index contributed by atoms with van der Waals surface area (Å²) < 4.78 is 11.1. The van der Waals surface area contributed by atoms with Crippen LogP contribution in [0.1, 0.15) is 206 Å². The average Bonchev–Trinajstić information content (AvgIpc) is 3.23. The Morgan fingerprint density at radius 1 is 0.593 bits per heavy atom. The SMILES string of the molecule is CCCCCCCCC=CCCCCCCCCCCCCC(O)C(=O)NC(COC1OC(CO)C(O)C(O)C1O)C(O)C(O)CC=CCCCCCCCCCCC. The minimum absolute atomic E-state index is 0.130. The number of aliphatic hydroxyl groups excluding tert-OH is 7. The topological polar surface area (TPSA) is 189 Å². The third-order valence-corrected chi connectivity index (χ3v) is 11.7. The van der Waals surface area contributed by atoms with Crippen LogP contribution in [0.3, 0.4) is 0 Å². The molecule has 0 aromatic heterocycles. The molecule has 9 atom stereocenters. The van der Waals surface area contributed by atoms with Crippen molar-refractivity contribution in [3.05, 3.63) is 24.3 Å². The number of aliphatic hydroxyl groups is 7. The normalized spacial score (nSPS) is 21.9. The lowest BCUT2D eigenvalue weighted by molar-refractivity contribution is -0.303. The van der Waals surface area contributed by atoms with E-state index in [9.17, 15) is 40.5 Å². The number of carbonyl (C=O) groups is 1. The lowest BCUT2D eigenvalue weighted by Crippen LogP contribution is -2.60. The number of hydrogen-bond acceptors (Lipinski definition) is 10. The average molecular weight is 842 g/mol. The molecule has 1 heterocycles. The second-order valence-electron chi connectivity index (χ2n) is 17.2. The van der Waals surface area contributed by atoms with Crippen molar-refractivity contribution in [1.29, 1.82) is 0 Å². The van der Waals surface area contributed by atoms with Crippen molar-refractivity contribution in [2.75, 3.05) is 13.2 Å². The highest BCUT2D eigenvalue weighted by Gasteiger charge is 2.44. The van der Waals surface area contributed by atoms with Crippen molar-refractivity contribution < 1.29 is 50.0 Å². The first-order valence-electron chi connectivity index (χ1n) is 24.2. The highest BCUT2D eigenvalue weighted by Crippen LogP contribution is 2.23. The number of ether oxygens (including phenoxy) is 2. The Bertz CT molecular complexity index is 1010. The summed E-state index contributed by atoms with van der Waals surface area (Å²) >= 11 is 0. The molecule has 1 rings (SSSR count).